The third kappa shape index (κ3) is 4.49. The lowest BCUT2D eigenvalue weighted by Crippen LogP contribution is -2.31. The van der Waals surface area contributed by atoms with Gasteiger partial charge in [0.1, 0.15) is 16.9 Å². The zero-order valence-electron chi connectivity index (χ0n) is 14.5. The van der Waals surface area contributed by atoms with E-state index in [9.17, 15) is 13.2 Å². The number of carbonyl (C=O) groups is 1. The average Bonchev–Trinajstić information content (AvgIpc) is 3.13. The normalized spacial score (nSPS) is 17.5. The molecule has 1 fully saturated rings. The lowest BCUT2D eigenvalue weighted by Gasteiger charge is -2.18. The van der Waals surface area contributed by atoms with Gasteiger partial charge < -0.3 is 9.47 Å². The number of halogens is 1. The van der Waals surface area contributed by atoms with Crippen LogP contribution in [0.25, 0.3) is 0 Å². The number of hydrogen-bond acceptors (Lipinski definition) is 6. The van der Waals surface area contributed by atoms with Crippen molar-refractivity contribution in [2.45, 2.75) is 17.4 Å². The summed E-state index contributed by atoms with van der Waals surface area (Å²) < 4.78 is 37.3. The summed E-state index contributed by atoms with van der Waals surface area (Å²) in [7, 11) is -2.41. The molecule has 0 saturated carbocycles. The number of hydrogen-bond donors (Lipinski definition) is 1. The van der Waals surface area contributed by atoms with Gasteiger partial charge in [-0.1, -0.05) is 11.6 Å². The number of aromatic nitrogens is 1. The number of methoxy groups -OCH3 is 1. The highest BCUT2D eigenvalue weighted by atomic mass is 35.5. The summed E-state index contributed by atoms with van der Waals surface area (Å²) in [5, 5.41) is 2.85. The van der Waals surface area contributed by atoms with Crippen molar-refractivity contribution in [1.82, 2.24) is 9.29 Å². The van der Waals surface area contributed by atoms with Gasteiger partial charge in [0.2, 0.25) is 10.0 Å². The van der Waals surface area contributed by atoms with Gasteiger partial charge in [-0.05, 0) is 30.7 Å². The Morgan fingerprint density at radius 3 is 2.70 bits per heavy atom. The van der Waals surface area contributed by atoms with Crippen molar-refractivity contribution in [3.8, 4) is 5.75 Å². The van der Waals surface area contributed by atoms with E-state index in [2.05, 4.69) is 15.0 Å². The first-order chi connectivity index (χ1) is 12.9. The molecule has 1 atom stereocenters. The first-order valence-corrected chi connectivity index (χ1v) is 9.93. The van der Waals surface area contributed by atoms with Crippen LogP contribution in [0.2, 0.25) is 5.02 Å². The first-order valence-electron chi connectivity index (χ1n) is 8.11. The lowest BCUT2D eigenvalue weighted by atomic mass is 10.3. The van der Waals surface area contributed by atoms with Crippen LogP contribution in [-0.4, -0.2) is 50.1 Å². The molecule has 0 aliphatic carbocycles. The minimum absolute atomic E-state index is 0.139. The van der Waals surface area contributed by atoms with Crippen LogP contribution in [0.4, 0.5) is 10.5 Å². The minimum Gasteiger partial charge on any atom is -0.487 e. The highest BCUT2D eigenvalue weighted by Crippen LogP contribution is 2.28. The Labute approximate surface area is 162 Å². The number of amides is 1. The molecule has 3 rings (SSSR count). The highest BCUT2D eigenvalue weighted by Gasteiger charge is 2.33. The van der Waals surface area contributed by atoms with Gasteiger partial charge in [0.05, 0.1) is 18.6 Å². The SMILES string of the molecule is COC(=O)Nc1ccc(S(=O)(=O)N2CCC(Oc3ccncc3Cl)C2)cc1. The molecule has 1 aromatic carbocycles. The van der Waals surface area contributed by atoms with E-state index in [0.717, 1.165) is 0 Å². The Morgan fingerprint density at radius 2 is 2.04 bits per heavy atom. The standard InChI is InChI=1S/C17H18ClN3O5S/c1-25-17(22)20-12-2-4-14(5-3-12)27(23,24)21-9-7-13(11-21)26-16-6-8-19-10-15(16)18/h2-6,8,10,13H,7,9,11H2,1H3,(H,20,22). The quantitative estimate of drug-likeness (QED) is 0.812. The zero-order valence-corrected chi connectivity index (χ0v) is 16.0. The fraction of sp³-hybridized carbons (Fsp3) is 0.294. The predicted molar refractivity (Wildman–Crippen MR) is 99.5 cm³/mol. The van der Waals surface area contributed by atoms with Crippen LogP contribution in [-0.2, 0) is 14.8 Å². The van der Waals surface area contributed by atoms with Crippen molar-refractivity contribution in [3.05, 3.63) is 47.7 Å². The van der Waals surface area contributed by atoms with E-state index in [1.165, 1.54) is 41.9 Å². The molecule has 1 unspecified atom stereocenters. The van der Waals surface area contributed by atoms with Crippen LogP contribution >= 0.6 is 11.6 Å². The molecule has 0 radical (unpaired) electrons. The topological polar surface area (TPSA) is 97.8 Å². The number of pyridine rings is 1. The molecule has 1 aliphatic heterocycles. The van der Waals surface area contributed by atoms with Gasteiger partial charge in [0, 0.05) is 30.7 Å². The van der Waals surface area contributed by atoms with E-state index < -0.39 is 16.1 Å². The fourth-order valence-corrected chi connectivity index (χ4v) is 4.33. The number of benzene rings is 1. The second-order valence-electron chi connectivity index (χ2n) is 5.84. The molecule has 1 N–H and O–H groups in total. The van der Waals surface area contributed by atoms with Crippen molar-refractivity contribution in [1.29, 1.82) is 0 Å². The second kappa shape index (κ2) is 8.12. The van der Waals surface area contributed by atoms with Crippen LogP contribution in [0.5, 0.6) is 5.75 Å². The van der Waals surface area contributed by atoms with Gasteiger partial charge in [0.15, 0.2) is 0 Å². The van der Waals surface area contributed by atoms with E-state index in [1.54, 1.807) is 12.3 Å². The predicted octanol–water partition coefficient (Wildman–Crippen LogP) is 2.76. The molecular formula is C17H18ClN3O5S. The molecule has 144 valence electrons. The summed E-state index contributed by atoms with van der Waals surface area (Å²) in [5.74, 6) is 0.481. The Kier molecular flexibility index (Phi) is 5.83. The maximum atomic E-state index is 12.8. The van der Waals surface area contributed by atoms with Crippen molar-refractivity contribution in [2.24, 2.45) is 0 Å². The molecule has 2 aromatic rings. The monoisotopic (exact) mass is 411 g/mol. The zero-order chi connectivity index (χ0) is 19.4. The van der Waals surface area contributed by atoms with E-state index in [1.807, 2.05) is 0 Å². The second-order valence-corrected chi connectivity index (χ2v) is 8.18. The molecule has 2 heterocycles. The molecule has 10 heteroatoms. The summed E-state index contributed by atoms with van der Waals surface area (Å²) in [6, 6.07) is 7.53. The number of ether oxygens (including phenoxy) is 2. The van der Waals surface area contributed by atoms with Gasteiger partial charge in [0.25, 0.3) is 0 Å². The minimum atomic E-state index is -3.66. The largest absolute Gasteiger partial charge is 0.487 e. The molecule has 1 saturated heterocycles. The Bertz CT molecular complexity index is 920. The molecule has 0 spiro atoms. The maximum absolute atomic E-state index is 12.8. The van der Waals surface area contributed by atoms with Crippen LogP contribution in [0, 0.1) is 0 Å². The first kappa shape index (κ1) is 19.4. The third-order valence-corrected chi connectivity index (χ3v) is 6.22. The molecular weight excluding hydrogens is 394 g/mol. The highest BCUT2D eigenvalue weighted by molar-refractivity contribution is 7.89. The summed E-state index contributed by atoms with van der Waals surface area (Å²) in [4.78, 5) is 15.2. The van der Waals surface area contributed by atoms with E-state index >= 15 is 0 Å². The summed E-state index contributed by atoms with van der Waals surface area (Å²) in [6.45, 7) is 0.570. The Morgan fingerprint density at radius 1 is 1.30 bits per heavy atom. The maximum Gasteiger partial charge on any atom is 0.411 e. The Balaban J connectivity index is 1.67. The summed E-state index contributed by atoms with van der Waals surface area (Å²) >= 11 is 6.03. The van der Waals surface area contributed by atoms with Gasteiger partial charge in [-0.25, -0.2) is 13.2 Å². The Hall–Kier alpha value is -2.36. The number of nitrogens with zero attached hydrogens (tertiary/aromatic N) is 2. The number of carbonyl (C=O) groups excluding carboxylic acids is 1. The van der Waals surface area contributed by atoms with Crippen LogP contribution in [0.1, 0.15) is 6.42 Å². The van der Waals surface area contributed by atoms with Crippen molar-refractivity contribution < 1.29 is 22.7 Å². The number of rotatable bonds is 5. The number of nitrogens with one attached hydrogen (secondary N) is 1. The fourth-order valence-electron chi connectivity index (χ4n) is 2.68. The molecule has 0 bridgehead atoms. The molecule has 27 heavy (non-hydrogen) atoms. The van der Waals surface area contributed by atoms with E-state index in [4.69, 9.17) is 16.3 Å². The molecule has 8 nitrogen and oxygen atoms in total. The molecule has 1 amide bonds. The van der Waals surface area contributed by atoms with Gasteiger partial charge in [-0.2, -0.15) is 4.31 Å². The van der Waals surface area contributed by atoms with Crippen LogP contribution < -0.4 is 10.1 Å². The van der Waals surface area contributed by atoms with Crippen molar-refractivity contribution in [3.63, 3.8) is 0 Å². The van der Waals surface area contributed by atoms with Crippen LogP contribution in [0.3, 0.4) is 0 Å². The van der Waals surface area contributed by atoms with Gasteiger partial charge in [-0.3, -0.25) is 10.3 Å². The average molecular weight is 412 g/mol. The van der Waals surface area contributed by atoms with E-state index in [-0.39, 0.29) is 17.5 Å². The van der Waals surface area contributed by atoms with Crippen LogP contribution in [0.15, 0.2) is 47.6 Å². The molecule has 1 aliphatic rings. The number of anilines is 1. The van der Waals surface area contributed by atoms with Crippen molar-refractivity contribution >= 4 is 33.4 Å². The third-order valence-electron chi connectivity index (χ3n) is 4.06. The smallest absolute Gasteiger partial charge is 0.411 e. The number of sulfonamides is 1. The van der Waals surface area contributed by atoms with E-state index in [0.29, 0.717) is 29.4 Å². The summed E-state index contributed by atoms with van der Waals surface area (Å²) in [5.41, 5.74) is 0.441. The van der Waals surface area contributed by atoms with Gasteiger partial charge >= 0.3 is 6.09 Å². The molecule has 1 aromatic heterocycles. The van der Waals surface area contributed by atoms with Crippen molar-refractivity contribution in [2.75, 3.05) is 25.5 Å². The van der Waals surface area contributed by atoms with Gasteiger partial charge in [-0.15, -0.1) is 0 Å². The summed E-state index contributed by atoms with van der Waals surface area (Å²) in [6.07, 6.45) is 2.68. The lowest BCUT2D eigenvalue weighted by molar-refractivity contribution is 0.187.